The average molecular weight is 449 g/mol. The van der Waals surface area contributed by atoms with Gasteiger partial charge in [0.25, 0.3) is 11.6 Å². The Bertz CT molecular complexity index is 1160. The third-order valence-corrected chi connectivity index (χ3v) is 5.30. The molecule has 7 nitrogen and oxygen atoms in total. The predicted octanol–water partition coefficient (Wildman–Crippen LogP) is 6.26. The Morgan fingerprint density at radius 2 is 1.79 bits per heavy atom. The van der Waals surface area contributed by atoms with E-state index in [1.165, 1.54) is 6.07 Å². The number of amides is 1. The summed E-state index contributed by atoms with van der Waals surface area (Å²) in [4.78, 5) is 23.7. The molecule has 0 aliphatic carbocycles. The summed E-state index contributed by atoms with van der Waals surface area (Å²) < 4.78 is 11.8. The Hall–Kier alpha value is -3.87. The van der Waals surface area contributed by atoms with Crippen LogP contribution in [0.4, 0.5) is 11.4 Å². The molecule has 0 heterocycles. The Kier molecular flexibility index (Phi) is 7.66. The molecule has 0 saturated carbocycles. The summed E-state index contributed by atoms with van der Waals surface area (Å²) in [7, 11) is 0. The average Bonchev–Trinajstić information content (AvgIpc) is 2.79. The van der Waals surface area contributed by atoms with Crippen LogP contribution < -0.4 is 14.8 Å². The van der Waals surface area contributed by atoms with Gasteiger partial charge < -0.3 is 14.8 Å². The van der Waals surface area contributed by atoms with Crippen molar-refractivity contribution in [1.29, 1.82) is 0 Å². The van der Waals surface area contributed by atoms with Crippen LogP contribution in [0.2, 0.25) is 0 Å². The highest BCUT2D eigenvalue weighted by atomic mass is 16.6. The summed E-state index contributed by atoms with van der Waals surface area (Å²) >= 11 is 0. The number of para-hydroxylation sites is 1. The molecule has 3 rings (SSSR count). The summed E-state index contributed by atoms with van der Waals surface area (Å²) in [6.07, 6.45) is 0. The maximum absolute atomic E-state index is 12.9. The number of hydrogen-bond donors (Lipinski definition) is 1. The lowest BCUT2D eigenvalue weighted by Crippen LogP contribution is -2.14. The standard InChI is InChI=1S/C26H28N2O5/c1-5-32-24-14-13-19(26(29)27-22-10-8-11-23(18(22)4)28(30)31)15-20(24)16-33-25-12-7-6-9-21(25)17(2)3/h6-15,17H,5,16H2,1-4H3,(H,27,29). The number of benzene rings is 3. The van der Waals surface area contributed by atoms with Gasteiger partial charge in [-0.05, 0) is 55.7 Å². The van der Waals surface area contributed by atoms with E-state index in [0.29, 0.717) is 35.1 Å². The second kappa shape index (κ2) is 10.6. The van der Waals surface area contributed by atoms with E-state index in [2.05, 4.69) is 19.2 Å². The van der Waals surface area contributed by atoms with Gasteiger partial charge in [-0.1, -0.05) is 38.1 Å². The monoisotopic (exact) mass is 448 g/mol. The van der Waals surface area contributed by atoms with Gasteiger partial charge in [-0.25, -0.2) is 0 Å². The number of carbonyl (C=O) groups excluding carboxylic acids is 1. The van der Waals surface area contributed by atoms with Gasteiger partial charge in [0.05, 0.1) is 22.8 Å². The zero-order chi connectivity index (χ0) is 24.0. The lowest BCUT2D eigenvalue weighted by molar-refractivity contribution is -0.385. The molecule has 0 aliphatic rings. The summed E-state index contributed by atoms with van der Waals surface area (Å²) in [5.74, 6) is 1.37. The van der Waals surface area contributed by atoms with Crippen molar-refractivity contribution >= 4 is 17.3 Å². The molecule has 0 saturated heterocycles. The van der Waals surface area contributed by atoms with Crippen LogP contribution in [0, 0.1) is 17.0 Å². The van der Waals surface area contributed by atoms with Gasteiger partial charge in [0.15, 0.2) is 0 Å². The van der Waals surface area contributed by atoms with Crippen molar-refractivity contribution in [1.82, 2.24) is 0 Å². The third-order valence-electron chi connectivity index (χ3n) is 5.30. The van der Waals surface area contributed by atoms with Gasteiger partial charge in [0, 0.05) is 17.2 Å². The first-order valence-corrected chi connectivity index (χ1v) is 10.8. The topological polar surface area (TPSA) is 90.7 Å². The highest BCUT2D eigenvalue weighted by Crippen LogP contribution is 2.29. The first-order valence-electron chi connectivity index (χ1n) is 10.8. The van der Waals surface area contributed by atoms with Gasteiger partial charge in [-0.15, -0.1) is 0 Å². The number of nitro benzene ring substituents is 1. The largest absolute Gasteiger partial charge is 0.493 e. The number of anilines is 1. The van der Waals surface area contributed by atoms with Crippen LogP contribution in [-0.4, -0.2) is 17.4 Å². The molecule has 1 N–H and O–H groups in total. The molecular formula is C26H28N2O5. The van der Waals surface area contributed by atoms with Crippen LogP contribution in [0.15, 0.2) is 60.7 Å². The van der Waals surface area contributed by atoms with E-state index in [1.54, 1.807) is 37.3 Å². The molecule has 0 unspecified atom stereocenters. The molecule has 0 spiro atoms. The smallest absolute Gasteiger partial charge is 0.274 e. The normalized spacial score (nSPS) is 10.7. The van der Waals surface area contributed by atoms with E-state index >= 15 is 0 Å². The maximum Gasteiger partial charge on any atom is 0.274 e. The fourth-order valence-electron chi connectivity index (χ4n) is 3.53. The number of carbonyl (C=O) groups is 1. The van der Waals surface area contributed by atoms with E-state index in [0.717, 1.165) is 16.9 Å². The fourth-order valence-corrected chi connectivity index (χ4v) is 3.53. The van der Waals surface area contributed by atoms with Crippen molar-refractivity contribution in [3.05, 3.63) is 93.0 Å². The quantitative estimate of drug-likeness (QED) is 0.308. The summed E-state index contributed by atoms with van der Waals surface area (Å²) in [6, 6.07) is 17.6. The van der Waals surface area contributed by atoms with Crippen LogP contribution >= 0.6 is 0 Å². The molecular weight excluding hydrogens is 420 g/mol. The minimum absolute atomic E-state index is 0.0441. The summed E-state index contributed by atoms with van der Waals surface area (Å²) in [6.45, 7) is 8.43. The van der Waals surface area contributed by atoms with Crippen LogP contribution in [0.3, 0.4) is 0 Å². The van der Waals surface area contributed by atoms with Gasteiger partial charge in [0.2, 0.25) is 0 Å². The number of nitrogens with one attached hydrogen (secondary N) is 1. The number of rotatable bonds is 9. The van der Waals surface area contributed by atoms with E-state index in [1.807, 2.05) is 31.2 Å². The zero-order valence-electron chi connectivity index (χ0n) is 19.3. The molecule has 0 aliphatic heterocycles. The molecule has 1 amide bonds. The van der Waals surface area contributed by atoms with E-state index < -0.39 is 4.92 Å². The van der Waals surface area contributed by atoms with Crippen LogP contribution in [-0.2, 0) is 6.61 Å². The van der Waals surface area contributed by atoms with Gasteiger partial charge in [-0.2, -0.15) is 0 Å². The SMILES string of the molecule is CCOc1ccc(C(=O)Nc2cccc([N+](=O)[O-])c2C)cc1COc1ccccc1C(C)C. The second-order valence-corrected chi connectivity index (χ2v) is 7.90. The lowest BCUT2D eigenvalue weighted by atomic mass is 10.0. The highest BCUT2D eigenvalue weighted by Gasteiger charge is 2.17. The van der Waals surface area contributed by atoms with Gasteiger partial charge >= 0.3 is 0 Å². The van der Waals surface area contributed by atoms with E-state index in [4.69, 9.17) is 9.47 Å². The molecule has 0 fully saturated rings. The molecule has 33 heavy (non-hydrogen) atoms. The van der Waals surface area contributed by atoms with Crippen molar-refractivity contribution in [2.45, 2.75) is 40.2 Å². The first kappa shape index (κ1) is 23.8. The van der Waals surface area contributed by atoms with E-state index in [-0.39, 0.29) is 18.2 Å². The molecule has 0 radical (unpaired) electrons. The molecule has 3 aromatic rings. The molecule has 172 valence electrons. The maximum atomic E-state index is 12.9. The molecule has 0 aromatic heterocycles. The van der Waals surface area contributed by atoms with Gasteiger partial charge in [0.1, 0.15) is 18.1 Å². The number of nitro groups is 1. The third kappa shape index (κ3) is 5.68. The molecule has 0 atom stereocenters. The Morgan fingerprint density at radius 3 is 2.48 bits per heavy atom. The molecule has 3 aromatic carbocycles. The van der Waals surface area contributed by atoms with Gasteiger partial charge in [-0.3, -0.25) is 14.9 Å². The zero-order valence-corrected chi connectivity index (χ0v) is 19.3. The van der Waals surface area contributed by atoms with Crippen molar-refractivity contribution in [3.8, 4) is 11.5 Å². The van der Waals surface area contributed by atoms with Crippen molar-refractivity contribution in [2.24, 2.45) is 0 Å². The minimum atomic E-state index is -0.466. The summed E-state index contributed by atoms with van der Waals surface area (Å²) in [5.41, 5.74) is 2.99. The number of nitrogens with zero attached hydrogens (tertiary/aromatic N) is 1. The second-order valence-electron chi connectivity index (χ2n) is 7.90. The van der Waals surface area contributed by atoms with Crippen LogP contribution in [0.5, 0.6) is 11.5 Å². The van der Waals surface area contributed by atoms with Crippen LogP contribution in [0.1, 0.15) is 53.7 Å². The Morgan fingerprint density at radius 1 is 1.03 bits per heavy atom. The molecule has 7 heteroatoms. The van der Waals surface area contributed by atoms with E-state index in [9.17, 15) is 14.9 Å². The first-order chi connectivity index (χ1) is 15.8. The summed E-state index contributed by atoms with van der Waals surface area (Å²) in [5, 5.41) is 14.0. The highest BCUT2D eigenvalue weighted by molar-refractivity contribution is 6.05. The Labute approximate surface area is 193 Å². The van der Waals surface area contributed by atoms with Crippen molar-refractivity contribution in [2.75, 3.05) is 11.9 Å². The van der Waals surface area contributed by atoms with Crippen molar-refractivity contribution in [3.63, 3.8) is 0 Å². The number of ether oxygens (including phenoxy) is 2. The Balaban J connectivity index is 1.85. The predicted molar refractivity (Wildman–Crippen MR) is 128 cm³/mol. The number of hydrogen-bond acceptors (Lipinski definition) is 5. The molecule has 0 bridgehead atoms. The van der Waals surface area contributed by atoms with Crippen molar-refractivity contribution < 1.29 is 19.2 Å². The lowest BCUT2D eigenvalue weighted by Gasteiger charge is -2.16. The van der Waals surface area contributed by atoms with Crippen LogP contribution in [0.25, 0.3) is 0 Å². The fraction of sp³-hybridized carbons (Fsp3) is 0.269. The minimum Gasteiger partial charge on any atom is -0.493 e.